The van der Waals surface area contributed by atoms with Crippen molar-refractivity contribution >= 4 is 10.2 Å². The van der Waals surface area contributed by atoms with Gasteiger partial charge < -0.3 is 5.32 Å². The van der Waals surface area contributed by atoms with E-state index in [0.717, 1.165) is 19.4 Å². The zero-order valence-electron chi connectivity index (χ0n) is 14.2. The predicted octanol–water partition coefficient (Wildman–Crippen LogP) is 1.82. The number of piperidine rings is 1. The van der Waals surface area contributed by atoms with Gasteiger partial charge in [-0.05, 0) is 37.1 Å². The van der Waals surface area contributed by atoms with Crippen LogP contribution in [0.5, 0.6) is 0 Å². The van der Waals surface area contributed by atoms with Gasteiger partial charge in [0.2, 0.25) is 0 Å². The maximum atomic E-state index is 12.4. The van der Waals surface area contributed by atoms with Crippen molar-refractivity contribution in [1.82, 2.24) is 14.3 Å². The molecule has 0 spiro atoms. The van der Waals surface area contributed by atoms with Crippen LogP contribution in [0.1, 0.15) is 47.5 Å². The second-order valence-corrected chi connectivity index (χ2v) is 8.76. The largest absolute Gasteiger partial charge is 0.314 e. The van der Waals surface area contributed by atoms with E-state index in [0.29, 0.717) is 43.4 Å². The Kier molecular flexibility index (Phi) is 7.60. The molecule has 5 nitrogen and oxygen atoms in total. The summed E-state index contributed by atoms with van der Waals surface area (Å²) in [5.41, 5.74) is 0. The standard InChI is InChI=1S/C15H33N3O2S/c1-12(2)14(5)9-17-21(19,20)18-8-6-7-15(11-18)10-16-13(3)4/h12-17H,6-11H2,1-5H3. The van der Waals surface area contributed by atoms with Crippen LogP contribution in [0.4, 0.5) is 0 Å². The highest BCUT2D eigenvalue weighted by Crippen LogP contribution is 2.18. The maximum absolute atomic E-state index is 12.4. The lowest BCUT2D eigenvalue weighted by Gasteiger charge is -2.32. The van der Waals surface area contributed by atoms with Gasteiger partial charge in [0.15, 0.2) is 0 Å². The van der Waals surface area contributed by atoms with Gasteiger partial charge in [-0.2, -0.15) is 12.7 Å². The van der Waals surface area contributed by atoms with Gasteiger partial charge in [-0.15, -0.1) is 0 Å². The molecule has 2 N–H and O–H groups in total. The fourth-order valence-electron chi connectivity index (χ4n) is 2.38. The van der Waals surface area contributed by atoms with Crippen molar-refractivity contribution < 1.29 is 8.42 Å². The lowest BCUT2D eigenvalue weighted by Crippen LogP contribution is -2.49. The summed E-state index contributed by atoms with van der Waals surface area (Å²) >= 11 is 0. The van der Waals surface area contributed by atoms with E-state index in [1.165, 1.54) is 0 Å². The van der Waals surface area contributed by atoms with Gasteiger partial charge in [-0.1, -0.05) is 34.6 Å². The molecule has 1 rings (SSSR count). The van der Waals surface area contributed by atoms with Crippen molar-refractivity contribution in [2.75, 3.05) is 26.2 Å². The molecule has 21 heavy (non-hydrogen) atoms. The molecule has 0 aromatic rings. The number of rotatable bonds is 8. The van der Waals surface area contributed by atoms with Crippen molar-refractivity contribution in [3.8, 4) is 0 Å². The second-order valence-electron chi connectivity index (χ2n) is 7.00. The van der Waals surface area contributed by atoms with Gasteiger partial charge in [0.1, 0.15) is 0 Å². The first-order valence-electron chi connectivity index (χ1n) is 8.20. The Hall–Kier alpha value is -0.170. The first-order chi connectivity index (χ1) is 9.72. The summed E-state index contributed by atoms with van der Waals surface area (Å²) in [4.78, 5) is 0. The fourth-order valence-corrected chi connectivity index (χ4v) is 3.81. The predicted molar refractivity (Wildman–Crippen MR) is 88.4 cm³/mol. The van der Waals surface area contributed by atoms with Gasteiger partial charge in [0.25, 0.3) is 10.2 Å². The summed E-state index contributed by atoms with van der Waals surface area (Å²) in [6.45, 7) is 13.2. The van der Waals surface area contributed by atoms with Crippen LogP contribution in [0.2, 0.25) is 0 Å². The lowest BCUT2D eigenvalue weighted by atomic mass is 9.99. The molecule has 0 saturated carbocycles. The van der Waals surface area contributed by atoms with E-state index in [1.54, 1.807) is 4.31 Å². The van der Waals surface area contributed by atoms with Crippen molar-refractivity contribution in [3.05, 3.63) is 0 Å². The monoisotopic (exact) mass is 319 g/mol. The van der Waals surface area contributed by atoms with Crippen LogP contribution in [0.25, 0.3) is 0 Å². The zero-order chi connectivity index (χ0) is 16.0. The SMILES string of the molecule is CC(C)NCC1CCCN(S(=O)(=O)NCC(C)C(C)C)C1. The molecule has 2 unspecified atom stereocenters. The van der Waals surface area contributed by atoms with Crippen LogP contribution in [0.15, 0.2) is 0 Å². The highest BCUT2D eigenvalue weighted by molar-refractivity contribution is 7.87. The Bertz CT molecular complexity index is 396. The molecule has 0 aliphatic carbocycles. The highest BCUT2D eigenvalue weighted by Gasteiger charge is 2.29. The second kappa shape index (κ2) is 8.46. The molecule has 0 radical (unpaired) electrons. The average molecular weight is 320 g/mol. The Morgan fingerprint density at radius 2 is 1.86 bits per heavy atom. The van der Waals surface area contributed by atoms with Crippen LogP contribution in [0, 0.1) is 17.8 Å². The minimum Gasteiger partial charge on any atom is -0.314 e. The maximum Gasteiger partial charge on any atom is 0.279 e. The Labute approximate surface area is 131 Å². The summed E-state index contributed by atoms with van der Waals surface area (Å²) < 4.78 is 29.2. The quantitative estimate of drug-likeness (QED) is 0.717. The molecular formula is C15H33N3O2S. The number of nitrogens with one attached hydrogen (secondary N) is 2. The molecule has 6 heteroatoms. The molecule has 1 heterocycles. The molecular weight excluding hydrogens is 286 g/mol. The van der Waals surface area contributed by atoms with Crippen LogP contribution in [0.3, 0.4) is 0 Å². The molecule has 1 saturated heterocycles. The fraction of sp³-hybridized carbons (Fsp3) is 1.00. The summed E-state index contributed by atoms with van der Waals surface area (Å²) in [6, 6.07) is 0.446. The average Bonchev–Trinajstić information content (AvgIpc) is 2.42. The number of hydrogen-bond donors (Lipinski definition) is 2. The normalized spacial score (nSPS) is 22.9. The van der Waals surface area contributed by atoms with E-state index in [9.17, 15) is 8.42 Å². The van der Waals surface area contributed by atoms with Crippen LogP contribution >= 0.6 is 0 Å². The molecule has 0 aromatic heterocycles. The summed E-state index contributed by atoms with van der Waals surface area (Å²) in [5, 5.41) is 3.41. The van der Waals surface area contributed by atoms with Crippen LogP contribution < -0.4 is 10.0 Å². The Morgan fingerprint density at radius 3 is 2.43 bits per heavy atom. The van der Waals surface area contributed by atoms with Crippen molar-refractivity contribution in [1.29, 1.82) is 0 Å². The van der Waals surface area contributed by atoms with Crippen molar-refractivity contribution in [2.45, 2.75) is 53.5 Å². The highest BCUT2D eigenvalue weighted by atomic mass is 32.2. The summed E-state index contributed by atoms with van der Waals surface area (Å²) in [5.74, 6) is 1.25. The summed E-state index contributed by atoms with van der Waals surface area (Å²) in [6.07, 6.45) is 2.05. The smallest absolute Gasteiger partial charge is 0.279 e. The third-order valence-corrected chi connectivity index (χ3v) is 5.91. The topological polar surface area (TPSA) is 61.4 Å². The van der Waals surface area contributed by atoms with E-state index in [1.807, 2.05) is 0 Å². The van der Waals surface area contributed by atoms with Gasteiger partial charge in [0, 0.05) is 25.7 Å². The van der Waals surface area contributed by atoms with Crippen LogP contribution in [-0.2, 0) is 10.2 Å². The minimum atomic E-state index is -3.33. The number of nitrogens with zero attached hydrogens (tertiary/aromatic N) is 1. The van der Waals surface area contributed by atoms with E-state index < -0.39 is 10.2 Å². The molecule has 1 aliphatic rings. The van der Waals surface area contributed by atoms with Gasteiger partial charge >= 0.3 is 0 Å². The van der Waals surface area contributed by atoms with E-state index >= 15 is 0 Å². The third-order valence-electron chi connectivity index (χ3n) is 4.36. The molecule has 1 aliphatic heterocycles. The molecule has 0 bridgehead atoms. The van der Waals surface area contributed by atoms with E-state index in [2.05, 4.69) is 44.7 Å². The Balaban J connectivity index is 2.50. The minimum absolute atomic E-state index is 0.350. The molecule has 0 amide bonds. The summed E-state index contributed by atoms with van der Waals surface area (Å²) in [7, 11) is -3.33. The van der Waals surface area contributed by atoms with Crippen LogP contribution in [-0.4, -0.2) is 44.9 Å². The van der Waals surface area contributed by atoms with Crippen molar-refractivity contribution in [3.63, 3.8) is 0 Å². The molecule has 0 aromatic carbocycles. The van der Waals surface area contributed by atoms with Gasteiger partial charge in [0.05, 0.1) is 0 Å². The first kappa shape index (κ1) is 18.9. The van der Waals surface area contributed by atoms with Gasteiger partial charge in [-0.3, -0.25) is 0 Å². The molecule has 1 fully saturated rings. The number of hydrogen-bond acceptors (Lipinski definition) is 3. The molecule has 2 atom stereocenters. The van der Waals surface area contributed by atoms with Crippen molar-refractivity contribution in [2.24, 2.45) is 17.8 Å². The van der Waals surface area contributed by atoms with Gasteiger partial charge in [-0.25, -0.2) is 4.72 Å². The van der Waals surface area contributed by atoms with E-state index in [4.69, 9.17) is 0 Å². The Morgan fingerprint density at radius 1 is 1.19 bits per heavy atom. The lowest BCUT2D eigenvalue weighted by molar-refractivity contribution is 0.253. The third kappa shape index (κ3) is 6.63. The zero-order valence-corrected chi connectivity index (χ0v) is 15.0. The van der Waals surface area contributed by atoms with E-state index in [-0.39, 0.29) is 0 Å². The molecule has 126 valence electrons. The first-order valence-corrected chi connectivity index (χ1v) is 9.64.